The van der Waals surface area contributed by atoms with Gasteiger partial charge in [0.05, 0.1) is 4.34 Å². The van der Waals surface area contributed by atoms with Gasteiger partial charge in [-0.2, -0.15) is 0 Å². The Kier molecular flexibility index (Phi) is 4.65. The van der Waals surface area contributed by atoms with Gasteiger partial charge in [-0.15, -0.1) is 11.3 Å². The highest BCUT2D eigenvalue weighted by Crippen LogP contribution is 2.32. The normalized spacial score (nSPS) is 10.2. The van der Waals surface area contributed by atoms with Crippen LogP contribution >= 0.6 is 22.9 Å². The summed E-state index contributed by atoms with van der Waals surface area (Å²) < 4.78 is 11.2. The van der Waals surface area contributed by atoms with E-state index in [0.717, 1.165) is 17.1 Å². The highest BCUT2D eigenvalue weighted by Gasteiger charge is 2.15. The fourth-order valence-corrected chi connectivity index (χ4v) is 2.43. The van der Waals surface area contributed by atoms with E-state index < -0.39 is 5.97 Å². The van der Waals surface area contributed by atoms with Crippen molar-refractivity contribution < 1.29 is 19.4 Å². The third kappa shape index (κ3) is 3.87. The minimum atomic E-state index is -1.05. The van der Waals surface area contributed by atoms with E-state index in [1.54, 1.807) is 0 Å². The lowest BCUT2D eigenvalue weighted by molar-refractivity contribution is 0.0697. The van der Waals surface area contributed by atoms with Crippen molar-refractivity contribution in [1.29, 1.82) is 0 Å². The van der Waals surface area contributed by atoms with Gasteiger partial charge in [-0.25, -0.2) is 4.79 Å². The molecule has 6 heteroatoms. The van der Waals surface area contributed by atoms with E-state index in [9.17, 15) is 4.79 Å². The highest BCUT2D eigenvalue weighted by atomic mass is 35.5. The number of ether oxygens (including phenoxy) is 2. The molecule has 0 aliphatic rings. The van der Waals surface area contributed by atoms with Gasteiger partial charge in [0.15, 0.2) is 4.88 Å². The molecule has 1 aromatic carbocycles. The number of aromatic carboxylic acids is 1. The number of hydrogen-bond acceptors (Lipinski definition) is 4. The molecular weight excluding hydrogens is 288 g/mol. The molecule has 1 N–H and O–H groups in total. The topological polar surface area (TPSA) is 55.8 Å². The maximum atomic E-state index is 10.9. The summed E-state index contributed by atoms with van der Waals surface area (Å²) in [7, 11) is 0. The predicted molar refractivity (Wildman–Crippen MR) is 73.7 cm³/mol. The fraction of sp³-hybridized carbons (Fsp3) is 0.154. The molecular formula is C13H11ClO4S. The fourth-order valence-electron chi connectivity index (χ4n) is 1.43. The second-order valence-electron chi connectivity index (χ2n) is 3.56. The molecule has 4 nitrogen and oxygen atoms in total. The van der Waals surface area contributed by atoms with Crippen LogP contribution in [-0.4, -0.2) is 24.3 Å². The van der Waals surface area contributed by atoms with Crippen LogP contribution in [0.1, 0.15) is 9.67 Å². The molecule has 2 rings (SSSR count). The zero-order valence-electron chi connectivity index (χ0n) is 9.84. The van der Waals surface area contributed by atoms with Crippen molar-refractivity contribution in [3.05, 3.63) is 45.6 Å². The Morgan fingerprint density at radius 3 is 2.58 bits per heavy atom. The molecule has 0 bridgehead atoms. The minimum absolute atomic E-state index is 0.102. The smallest absolute Gasteiger partial charge is 0.349 e. The molecule has 0 spiro atoms. The number of carboxylic acid groups (broad SMARTS) is 1. The lowest BCUT2D eigenvalue weighted by atomic mass is 10.3. The number of hydrogen-bond donors (Lipinski definition) is 1. The third-order valence-corrected chi connectivity index (χ3v) is 3.45. The Labute approximate surface area is 119 Å². The molecule has 0 fully saturated rings. The number of carboxylic acids is 1. The maximum Gasteiger partial charge on any atom is 0.349 e. The van der Waals surface area contributed by atoms with Gasteiger partial charge in [-0.05, 0) is 12.1 Å². The Balaban J connectivity index is 1.84. The van der Waals surface area contributed by atoms with Gasteiger partial charge in [0.1, 0.15) is 24.7 Å². The van der Waals surface area contributed by atoms with E-state index in [1.165, 1.54) is 6.07 Å². The molecule has 0 saturated carbocycles. The van der Waals surface area contributed by atoms with Crippen molar-refractivity contribution in [2.24, 2.45) is 0 Å². The Hall–Kier alpha value is -1.72. The van der Waals surface area contributed by atoms with Gasteiger partial charge in [-0.3, -0.25) is 0 Å². The average Bonchev–Trinajstić information content (AvgIpc) is 2.77. The first kappa shape index (κ1) is 13.7. The second-order valence-corrected chi connectivity index (χ2v) is 5.24. The molecule has 100 valence electrons. The molecule has 2 aromatic rings. The van der Waals surface area contributed by atoms with Crippen LogP contribution in [0, 0.1) is 0 Å². The standard InChI is InChI=1S/C13H11ClO4S/c14-11-8-10(12(19-11)13(15)16)18-7-6-17-9-4-2-1-3-5-9/h1-5,8H,6-7H2,(H,15,16). The van der Waals surface area contributed by atoms with E-state index in [4.69, 9.17) is 26.2 Å². The quantitative estimate of drug-likeness (QED) is 0.829. The largest absolute Gasteiger partial charge is 0.490 e. The van der Waals surface area contributed by atoms with Crippen LogP contribution < -0.4 is 9.47 Å². The van der Waals surface area contributed by atoms with Gasteiger partial charge in [-0.1, -0.05) is 29.8 Å². The second kappa shape index (κ2) is 6.45. The zero-order chi connectivity index (χ0) is 13.7. The molecule has 0 aliphatic heterocycles. The van der Waals surface area contributed by atoms with Gasteiger partial charge in [0.2, 0.25) is 0 Å². The molecule has 1 aromatic heterocycles. The number of carbonyl (C=O) groups is 1. The average molecular weight is 299 g/mol. The summed E-state index contributed by atoms with van der Waals surface area (Å²) in [5, 5.41) is 8.95. The number of thiophene rings is 1. The van der Waals surface area contributed by atoms with Crippen LogP contribution in [0.4, 0.5) is 0 Å². The van der Waals surface area contributed by atoms with Crippen molar-refractivity contribution >= 4 is 28.9 Å². The molecule has 0 saturated heterocycles. The summed E-state index contributed by atoms with van der Waals surface area (Å²) in [4.78, 5) is 11.0. The van der Waals surface area contributed by atoms with Gasteiger partial charge >= 0.3 is 5.97 Å². The van der Waals surface area contributed by atoms with Crippen LogP contribution in [0.25, 0.3) is 0 Å². The minimum Gasteiger partial charge on any atom is -0.490 e. The Morgan fingerprint density at radius 1 is 1.21 bits per heavy atom. The Morgan fingerprint density at radius 2 is 1.89 bits per heavy atom. The van der Waals surface area contributed by atoms with E-state index in [0.29, 0.717) is 10.9 Å². The summed E-state index contributed by atoms with van der Waals surface area (Å²) in [5.74, 6) is -0.0250. The molecule has 0 amide bonds. The molecule has 19 heavy (non-hydrogen) atoms. The van der Waals surface area contributed by atoms with Gasteiger partial charge in [0, 0.05) is 6.07 Å². The summed E-state index contributed by atoms with van der Waals surface area (Å²) >= 11 is 6.74. The zero-order valence-corrected chi connectivity index (χ0v) is 11.4. The van der Waals surface area contributed by atoms with Crippen LogP contribution in [-0.2, 0) is 0 Å². The summed E-state index contributed by atoms with van der Waals surface area (Å²) in [6, 6.07) is 10.8. The summed E-state index contributed by atoms with van der Waals surface area (Å²) in [6.07, 6.45) is 0. The predicted octanol–water partition coefficient (Wildman–Crippen LogP) is 3.56. The summed E-state index contributed by atoms with van der Waals surface area (Å²) in [6.45, 7) is 0.582. The van der Waals surface area contributed by atoms with Crippen LogP contribution in [0.15, 0.2) is 36.4 Å². The van der Waals surface area contributed by atoms with Crippen molar-refractivity contribution in [2.45, 2.75) is 0 Å². The van der Waals surface area contributed by atoms with E-state index in [-0.39, 0.29) is 17.2 Å². The monoisotopic (exact) mass is 298 g/mol. The molecule has 1 heterocycles. The van der Waals surface area contributed by atoms with E-state index in [2.05, 4.69) is 0 Å². The van der Waals surface area contributed by atoms with Crippen molar-refractivity contribution in [1.82, 2.24) is 0 Å². The van der Waals surface area contributed by atoms with Gasteiger partial charge in [0.25, 0.3) is 0 Å². The molecule has 0 aliphatic carbocycles. The first-order chi connectivity index (χ1) is 9.16. The van der Waals surface area contributed by atoms with E-state index in [1.807, 2.05) is 30.3 Å². The lowest BCUT2D eigenvalue weighted by Crippen LogP contribution is -2.10. The van der Waals surface area contributed by atoms with Gasteiger partial charge < -0.3 is 14.6 Å². The number of rotatable bonds is 6. The lowest BCUT2D eigenvalue weighted by Gasteiger charge is -2.07. The number of para-hydroxylation sites is 1. The van der Waals surface area contributed by atoms with Crippen LogP contribution in [0.5, 0.6) is 11.5 Å². The molecule has 0 atom stereocenters. The van der Waals surface area contributed by atoms with Crippen LogP contribution in [0.3, 0.4) is 0 Å². The maximum absolute atomic E-state index is 10.9. The highest BCUT2D eigenvalue weighted by molar-refractivity contribution is 7.18. The van der Waals surface area contributed by atoms with Crippen molar-refractivity contribution in [2.75, 3.05) is 13.2 Å². The van der Waals surface area contributed by atoms with Crippen LogP contribution in [0.2, 0.25) is 4.34 Å². The first-order valence-corrected chi connectivity index (χ1v) is 6.69. The SMILES string of the molecule is O=C(O)c1sc(Cl)cc1OCCOc1ccccc1. The summed E-state index contributed by atoms with van der Waals surface area (Å²) in [5.41, 5.74) is 0. The number of benzene rings is 1. The molecule has 0 radical (unpaired) electrons. The Bertz CT molecular complexity index is 553. The molecule has 0 unspecified atom stereocenters. The third-order valence-electron chi connectivity index (χ3n) is 2.22. The first-order valence-electron chi connectivity index (χ1n) is 5.50. The van der Waals surface area contributed by atoms with E-state index >= 15 is 0 Å². The number of halogens is 1. The van der Waals surface area contributed by atoms with Crippen molar-refractivity contribution in [3.63, 3.8) is 0 Å². The van der Waals surface area contributed by atoms with Crippen molar-refractivity contribution in [3.8, 4) is 11.5 Å².